The number of benzene rings is 2. The Kier molecular flexibility index (Phi) is 11.4. The summed E-state index contributed by atoms with van der Waals surface area (Å²) in [5, 5.41) is 26.7. The lowest BCUT2D eigenvalue weighted by Crippen LogP contribution is -2.58. The molecule has 2 aromatic carbocycles. The first-order chi connectivity index (χ1) is 18.4. The molecule has 4 atom stereocenters. The summed E-state index contributed by atoms with van der Waals surface area (Å²) in [4.78, 5) is 62.2. The van der Waals surface area contributed by atoms with Crippen molar-refractivity contribution in [3.05, 3.63) is 65.7 Å². The molecule has 2 rings (SSSR count). The van der Waals surface area contributed by atoms with Gasteiger partial charge in [-0.3, -0.25) is 19.2 Å². The lowest BCUT2D eigenvalue weighted by molar-refractivity contribution is -0.143. The highest BCUT2D eigenvalue weighted by atomic mass is 16.4. The third kappa shape index (κ3) is 10.1. The van der Waals surface area contributed by atoms with E-state index in [1.54, 1.807) is 56.3 Å². The highest BCUT2D eigenvalue weighted by Crippen LogP contribution is 2.13. The fourth-order valence-corrected chi connectivity index (χ4v) is 3.76. The van der Waals surface area contributed by atoms with Crippen molar-refractivity contribution < 1.29 is 34.2 Å². The van der Waals surface area contributed by atoms with Crippen molar-refractivity contribution in [2.75, 3.05) is 0 Å². The van der Waals surface area contributed by atoms with Gasteiger partial charge in [0.2, 0.25) is 23.6 Å². The molecule has 0 heterocycles. The Labute approximate surface area is 226 Å². The fraction of sp³-hybridized carbons (Fsp3) is 0.370. The number of nitrogens with one attached hydrogen (secondary N) is 3. The van der Waals surface area contributed by atoms with E-state index >= 15 is 0 Å². The molecular formula is C27H35N5O7. The number of nitrogens with two attached hydrogens (primary N) is 2. The van der Waals surface area contributed by atoms with Crippen LogP contribution in [0.5, 0.6) is 5.75 Å². The SMILES string of the molecule is CC(C)C(NC(=O)C(Cc1ccccc1)NC(=O)C(Cc1ccc(O)cc1)NC(=O)C(N)CC(N)=O)C(=O)O. The van der Waals surface area contributed by atoms with Crippen LogP contribution in [0.1, 0.15) is 31.4 Å². The molecule has 0 fully saturated rings. The second kappa shape index (κ2) is 14.5. The number of rotatable bonds is 14. The van der Waals surface area contributed by atoms with Gasteiger partial charge < -0.3 is 37.6 Å². The number of amides is 4. The van der Waals surface area contributed by atoms with Gasteiger partial charge >= 0.3 is 5.97 Å². The summed E-state index contributed by atoms with van der Waals surface area (Å²) in [5.74, 6) is -4.69. The van der Waals surface area contributed by atoms with Gasteiger partial charge in [0.1, 0.15) is 23.9 Å². The van der Waals surface area contributed by atoms with Crippen LogP contribution in [0.2, 0.25) is 0 Å². The predicted molar refractivity (Wildman–Crippen MR) is 142 cm³/mol. The van der Waals surface area contributed by atoms with Crippen LogP contribution in [0.4, 0.5) is 0 Å². The fourth-order valence-electron chi connectivity index (χ4n) is 3.76. The van der Waals surface area contributed by atoms with Gasteiger partial charge in [-0.15, -0.1) is 0 Å². The average Bonchev–Trinajstić information content (AvgIpc) is 2.87. The minimum absolute atomic E-state index is 0.00463. The number of hydrogen-bond acceptors (Lipinski definition) is 7. The molecule has 4 amide bonds. The van der Waals surface area contributed by atoms with E-state index in [2.05, 4.69) is 16.0 Å². The number of phenols is 1. The molecule has 0 spiro atoms. The van der Waals surface area contributed by atoms with Crippen molar-refractivity contribution >= 4 is 29.6 Å². The standard InChI is InChI=1S/C27H35N5O7/c1-15(2)23(27(38)39)32-26(37)21(12-16-6-4-3-5-7-16)31-25(36)20(13-17-8-10-18(33)11-9-17)30-24(35)19(28)14-22(29)34/h3-11,15,19-21,23,33H,12-14,28H2,1-2H3,(H2,29,34)(H,30,35)(H,31,36)(H,32,37)(H,38,39). The van der Waals surface area contributed by atoms with Crippen LogP contribution >= 0.6 is 0 Å². The van der Waals surface area contributed by atoms with E-state index in [-0.39, 0.29) is 18.6 Å². The summed E-state index contributed by atoms with van der Waals surface area (Å²) >= 11 is 0. The number of carbonyl (C=O) groups is 5. The largest absolute Gasteiger partial charge is 0.508 e. The van der Waals surface area contributed by atoms with E-state index in [0.29, 0.717) is 11.1 Å². The summed E-state index contributed by atoms with van der Waals surface area (Å²) in [6.45, 7) is 3.28. The van der Waals surface area contributed by atoms with Gasteiger partial charge in [0, 0.05) is 12.8 Å². The van der Waals surface area contributed by atoms with Crippen molar-refractivity contribution in [3.8, 4) is 5.75 Å². The Hall–Kier alpha value is -4.45. The maximum absolute atomic E-state index is 13.4. The Morgan fingerprint density at radius 1 is 0.769 bits per heavy atom. The molecule has 0 aliphatic rings. The maximum Gasteiger partial charge on any atom is 0.326 e. The van der Waals surface area contributed by atoms with Crippen LogP contribution in [0.3, 0.4) is 0 Å². The van der Waals surface area contributed by atoms with Crippen LogP contribution in [0, 0.1) is 5.92 Å². The third-order valence-corrected chi connectivity index (χ3v) is 5.91. The highest BCUT2D eigenvalue weighted by molar-refractivity contribution is 5.95. The van der Waals surface area contributed by atoms with Crippen LogP contribution in [0.25, 0.3) is 0 Å². The summed E-state index contributed by atoms with van der Waals surface area (Å²) in [5.41, 5.74) is 12.2. The number of carboxylic acids is 1. The predicted octanol–water partition coefficient (Wildman–Crippen LogP) is -0.425. The number of hydrogen-bond donors (Lipinski definition) is 7. The lowest BCUT2D eigenvalue weighted by atomic mass is 10.0. The first-order valence-electron chi connectivity index (χ1n) is 12.4. The van der Waals surface area contributed by atoms with E-state index in [4.69, 9.17) is 11.5 Å². The molecule has 0 bridgehead atoms. The number of primary amides is 1. The molecule has 0 radical (unpaired) electrons. The van der Waals surface area contributed by atoms with Crippen molar-refractivity contribution in [2.45, 2.75) is 57.3 Å². The van der Waals surface area contributed by atoms with Crippen LogP contribution in [0.15, 0.2) is 54.6 Å². The van der Waals surface area contributed by atoms with Crippen molar-refractivity contribution in [1.82, 2.24) is 16.0 Å². The molecule has 39 heavy (non-hydrogen) atoms. The normalized spacial score (nSPS) is 13.9. The second-order valence-corrected chi connectivity index (χ2v) is 9.53. The van der Waals surface area contributed by atoms with Gasteiger partial charge in [0.05, 0.1) is 12.5 Å². The van der Waals surface area contributed by atoms with E-state index < -0.39 is 66.1 Å². The summed E-state index contributed by atoms with van der Waals surface area (Å²) in [7, 11) is 0. The summed E-state index contributed by atoms with van der Waals surface area (Å²) in [6, 6.07) is 9.84. The molecule has 9 N–H and O–H groups in total. The van der Waals surface area contributed by atoms with Gasteiger partial charge in [0.15, 0.2) is 0 Å². The van der Waals surface area contributed by atoms with Crippen LogP contribution in [-0.4, -0.2) is 64.0 Å². The Balaban J connectivity index is 2.33. The summed E-state index contributed by atoms with van der Waals surface area (Å²) < 4.78 is 0. The molecule has 0 saturated heterocycles. The van der Waals surface area contributed by atoms with E-state index in [0.717, 1.165) is 0 Å². The smallest absolute Gasteiger partial charge is 0.326 e. The zero-order valence-corrected chi connectivity index (χ0v) is 21.8. The van der Waals surface area contributed by atoms with Crippen molar-refractivity contribution in [1.29, 1.82) is 0 Å². The van der Waals surface area contributed by atoms with Gasteiger partial charge in [-0.2, -0.15) is 0 Å². The topological polar surface area (TPSA) is 214 Å². The molecule has 12 nitrogen and oxygen atoms in total. The molecule has 12 heteroatoms. The molecule has 0 aliphatic heterocycles. The first-order valence-corrected chi connectivity index (χ1v) is 12.4. The molecule has 0 aromatic heterocycles. The molecule has 2 aromatic rings. The number of aromatic hydroxyl groups is 1. The van der Waals surface area contributed by atoms with E-state index in [1.165, 1.54) is 12.1 Å². The van der Waals surface area contributed by atoms with Gasteiger partial charge in [-0.25, -0.2) is 4.79 Å². The molecule has 210 valence electrons. The summed E-state index contributed by atoms with van der Waals surface area (Å²) in [6.07, 6.45) is -0.432. The minimum atomic E-state index is -1.30. The average molecular weight is 542 g/mol. The zero-order chi connectivity index (χ0) is 29.1. The monoisotopic (exact) mass is 541 g/mol. The highest BCUT2D eigenvalue weighted by Gasteiger charge is 2.31. The zero-order valence-electron chi connectivity index (χ0n) is 21.8. The lowest BCUT2D eigenvalue weighted by Gasteiger charge is -2.26. The minimum Gasteiger partial charge on any atom is -0.508 e. The van der Waals surface area contributed by atoms with E-state index in [1.807, 2.05) is 0 Å². The Morgan fingerprint density at radius 2 is 1.26 bits per heavy atom. The number of aliphatic carboxylic acids is 1. The second-order valence-electron chi connectivity index (χ2n) is 9.53. The maximum atomic E-state index is 13.4. The van der Waals surface area contributed by atoms with Gasteiger partial charge in [0.25, 0.3) is 0 Å². The quantitative estimate of drug-likeness (QED) is 0.166. The third-order valence-electron chi connectivity index (χ3n) is 5.91. The van der Waals surface area contributed by atoms with Gasteiger partial charge in [-0.05, 0) is 29.2 Å². The number of carboxylic acid groups (broad SMARTS) is 1. The van der Waals surface area contributed by atoms with Crippen LogP contribution < -0.4 is 27.4 Å². The van der Waals surface area contributed by atoms with Crippen LogP contribution in [-0.2, 0) is 36.8 Å². The first kappa shape index (κ1) is 30.8. The Bertz CT molecular complexity index is 1150. The van der Waals surface area contributed by atoms with Crippen molar-refractivity contribution in [2.24, 2.45) is 17.4 Å². The molecule has 0 aliphatic carbocycles. The molecule has 0 saturated carbocycles. The van der Waals surface area contributed by atoms with Crippen molar-refractivity contribution in [3.63, 3.8) is 0 Å². The Morgan fingerprint density at radius 3 is 1.74 bits per heavy atom. The number of phenolic OH excluding ortho intramolecular Hbond substituents is 1. The van der Waals surface area contributed by atoms with E-state index in [9.17, 15) is 34.2 Å². The molecule has 4 unspecified atom stereocenters. The molecular weight excluding hydrogens is 506 g/mol. The number of carbonyl (C=O) groups excluding carboxylic acids is 4. The van der Waals surface area contributed by atoms with Gasteiger partial charge in [-0.1, -0.05) is 56.3 Å².